The van der Waals surface area contributed by atoms with Crippen LogP contribution in [0.15, 0.2) is 0 Å². The first-order valence-corrected chi connectivity index (χ1v) is 7.77. The van der Waals surface area contributed by atoms with Crippen LogP contribution >= 0.6 is 0 Å². The Balaban J connectivity index is 1.87. The maximum atomic E-state index is 12.5. The average molecular weight is 267 g/mol. The van der Waals surface area contributed by atoms with E-state index in [2.05, 4.69) is 24.5 Å². The minimum atomic E-state index is -0.271. The molecule has 4 N–H and O–H groups in total. The molecule has 0 aromatic carbocycles. The highest BCUT2D eigenvalue weighted by molar-refractivity contribution is 5.82. The van der Waals surface area contributed by atoms with Crippen molar-refractivity contribution < 1.29 is 4.79 Å². The van der Waals surface area contributed by atoms with E-state index in [1.165, 1.54) is 6.42 Å². The Bertz CT molecular complexity index is 303. The van der Waals surface area contributed by atoms with E-state index in [1.807, 2.05) is 0 Å². The van der Waals surface area contributed by atoms with Crippen molar-refractivity contribution in [2.75, 3.05) is 13.1 Å². The molecule has 2 aliphatic rings. The molecular weight excluding hydrogens is 238 g/mol. The minimum Gasteiger partial charge on any atom is -0.353 e. The summed E-state index contributed by atoms with van der Waals surface area (Å²) in [5, 5.41) is 6.66. The van der Waals surface area contributed by atoms with E-state index in [4.69, 9.17) is 5.73 Å². The van der Waals surface area contributed by atoms with E-state index in [0.717, 1.165) is 45.2 Å². The fourth-order valence-electron chi connectivity index (χ4n) is 3.29. The van der Waals surface area contributed by atoms with E-state index in [-0.39, 0.29) is 11.3 Å². The number of amides is 1. The highest BCUT2D eigenvalue weighted by Gasteiger charge is 2.38. The van der Waals surface area contributed by atoms with Crippen LogP contribution in [0.1, 0.15) is 52.4 Å². The number of carbonyl (C=O) groups excluding carboxylic acids is 1. The van der Waals surface area contributed by atoms with Gasteiger partial charge in [-0.25, -0.2) is 0 Å². The molecule has 19 heavy (non-hydrogen) atoms. The van der Waals surface area contributed by atoms with Crippen molar-refractivity contribution in [3.63, 3.8) is 0 Å². The molecule has 0 spiro atoms. The molecule has 0 aromatic rings. The summed E-state index contributed by atoms with van der Waals surface area (Å²) in [6.07, 6.45) is 6.48. The highest BCUT2D eigenvalue weighted by Crippen LogP contribution is 2.32. The fraction of sp³-hybridized carbons (Fsp3) is 0.933. The van der Waals surface area contributed by atoms with Crippen molar-refractivity contribution in [3.05, 3.63) is 0 Å². The van der Waals surface area contributed by atoms with Gasteiger partial charge in [-0.3, -0.25) is 4.79 Å². The van der Waals surface area contributed by atoms with Crippen molar-refractivity contribution in [1.29, 1.82) is 0 Å². The molecule has 0 bridgehead atoms. The third kappa shape index (κ3) is 3.69. The zero-order chi connectivity index (χ0) is 13.9. The molecule has 0 radical (unpaired) electrons. The summed E-state index contributed by atoms with van der Waals surface area (Å²) in [4.78, 5) is 12.5. The first-order chi connectivity index (χ1) is 9.00. The Morgan fingerprint density at radius 3 is 2.47 bits per heavy atom. The molecule has 1 aliphatic carbocycles. The molecule has 4 heteroatoms. The molecule has 0 aromatic heterocycles. The molecule has 1 unspecified atom stereocenters. The maximum Gasteiger partial charge on any atom is 0.226 e. The fourth-order valence-corrected chi connectivity index (χ4v) is 3.29. The van der Waals surface area contributed by atoms with Gasteiger partial charge < -0.3 is 16.4 Å². The van der Waals surface area contributed by atoms with Crippen molar-refractivity contribution in [2.45, 2.75) is 64.5 Å². The molecule has 1 heterocycles. The van der Waals surface area contributed by atoms with Gasteiger partial charge >= 0.3 is 0 Å². The lowest BCUT2D eigenvalue weighted by atomic mass is 9.74. The highest BCUT2D eigenvalue weighted by atomic mass is 16.2. The van der Waals surface area contributed by atoms with Gasteiger partial charge in [-0.2, -0.15) is 0 Å². The lowest BCUT2D eigenvalue weighted by Crippen LogP contribution is -2.50. The van der Waals surface area contributed by atoms with Gasteiger partial charge in [-0.05, 0) is 57.5 Å². The predicted octanol–water partition coefficient (Wildman–Crippen LogP) is 1.40. The number of rotatable bonds is 3. The molecule has 1 aliphatic heterocycles. The van der Waals surface area contributed by atoms with Crippen molar-refractivity contribution in [3.8, 4) is 0 Å². The van der Waals surface area contributed by atoms with E-state index < -0.39 is 0 Å². The molecule has 4 nitrogen and oxygen atoms in total. The molecular formula is C15H29N3O. The van der Waals surface area contributed by atoms with Crippen LogP contribution in [0.5, 0.6) is 0 Å². The molecule has 1 atom stereocenters. The van der Waals surface area contributed by atoms with Crippen LogP contribution in [0.2, 0.25) is 0 Å². The Labute approximate surface area is 116 Å². The van der Waals surface area contributed by atoms with Crippen molar-refractivity contribution in [1.82, 2.24) is 10.6 Å². The van der Waals surface area contributed by atoms with Gasteiger partial charge in [0, 0.05) is 17.5 Å². The third-order valence-electron chi connectivity index (χ3n) is 5.01. The largest absolute Gasteiger partial charge is 0.353 e. The van der Waals surface area contributed by atoms with Crippen molar-refractivity contribution in [2.24, 2.45) is 17.1 Å². The second kappa shape index (κ2) is 6.23. The molecule has 1 saturated heterocycles. The smallest absolute Gasteiger partial charge is 0.226 e. The van der Waals surface area contributed by atoms with Crippen LogP contribution in [-0.2, 0) is 4.79 Å². The summed E-state index contributed by atoms with van der Waals surface area (Å²) in [7, 11) is 0. The summed E-state index contributed by atoms with van der Waals surface area (Å²) in [5.74, 6) is 0.675. The first kappa shape index (κ1) is 14.8. The minimum absolute atomic E-state index is 0.224. The van der Waals surface area contributed by atoms with Gasteiger partial charge in [0.15, 0.2) is 0 Å². The van der Waals surface area contributed by atoms with Crippen LogP contribution in [0.25, 0.3) is 0 Å². The van der Waals surface area contributed by atoms with Crippen LogP contribution in [0, 0.1) is 11.3 Å². The second-order valence-corrected chi connectivity index (χ2v) is 6.85. The average Bonchev–Trinajstić information content (AvgIpc) is 2.42. The van der Waals surface area contributed by atoms with E-state index in [9.17, 15) is 4.79 Å². The second-order valence-electron chi connectivity index (χ2n) is 6.85. The molecule has 2 rings (SSSR count). The summed E-state index contributed by atoms with van der Waals surface area (Å²) in [5.41, 5.74) is 5.64. The number of hydrogen-bond acceptors (Lipinski definition) is 3. The van der Waals surface area contributed by atoms with Crippen LogP contribution in [0.4, 0.5) is 0 Å². The number of nitrogens with two attached hydrogens (primary N) is 1. The Hall–Kier alpha value is -0.610. The number of piperidine rings is 1. The standard InChI is InChI=1S/C15H29N3O/c1-15(2,11-4-3-9-17-10-11)14(19)18-13-7-5-12(16)6-8-13/h11-13,17H,3-10,16H2,1-2H3,(H,18,19). The Morgan fingerprint density at radius 1 is 1.21 bits per heavy atom. The van der Waals surface area contributed by atoms with E-state index in [0.29, 0.717) is 18.0 Å². The van der Waals surface area contributed by atoms with Gasteiger partial charge in [-0.15, -0.1) is 0 Å². The molecule has 110 valence electrons. The lowest BCUT2D eigenvalue weighted by molar-refractivity contribution is -0.133. The molecule has 1 saturated carbocycles. The summed E-state index contributed by atoms with van der Waals surface area (Å²) >= 11 is 0. The van der Waals surface area contributed by atoms with E-state index in [1.54, 1.807) is 0 Å². The lowest BCUT2D eigenvalue weighted by Gasteiger charge is -2.38. The first-order valence-electron chi connectivity index (χ1n) is 7.77. The van der Waals surface area contributed by atoms with Crippen LogP contribution < -0.4 is 16.4 Å². The maximum absolute atomic E-state index is 12.5. The Morgan fingerprint density at radius 2 is 1.89 bits per heavy atom. The van der Waals surface area contributed by atoms with Crippen molar-refractivity contribution >= 4 is 5.91 Å². The number of carbonyl (C=O) groups is 1. The van der Waals surface area contributed by atoms with Crippen LogP contribution in [-0.4, -0.2) is 31.1 Å². The van der Waals surface area contributed by atoms with Gasteiger partial charge in [0.2, 0.25) is 5.91 Å². The third-order valence-corrected chi connectivity index (χ3v) is 5.01. The van der Waals surface area contributed by atoms with Crippen LogP contribution in [0.3, 0.4) is 0 Å². The number of hydrogen-bond donors (Lipinski definition) is 3. The monoisotopic (exact) mass is 267 g/mol. The number of nitrogens with one attached hydrogen (secondary N) is 2. The summed E-state index contributed by atoms with van der Waals surface area (Å²) in [6.45, 7) is 6.24. The molecule has 2 fully saturated rings. The zero-order valence-corrected chi connectivity index (χ0v) is 12.4. The quantitative estimate of drug-likeness (QED) is 0.724. The van der Waals surface area contributed by atoms with Gasteiger partial charge in [0.05, 0.1) is 0 Å². The van der Waals surface area contributed by atoms with E-state index >= 15 is 0 Å². The van der Waals surface area contributed by atoms with Gasteiger partial charge in [0.1, 0.15) is 0 Å². The van der Waals surface area contributed by atoms with Gasteiger partial charge in [-0.1, -0.05) is 13.8 Å². The summed E-state index contributed by atoms with van der Waals surface area (Å²) < 4.78 is 0. The van der Waals surface area contributed by atoms with Gasteiger partial charge in [0.25, 0.3) is 0 Å². The summed E-state index contributed by atoms with van der Waals surface area (Å²) in [6, 6.07) is 0.673. The molecule has 1 amide bonds. The topological polar surface area (TPSA) is 67.2 Å². The predicted molar refractivity (Wildman–Crippen MR) is 77.7 cm³/mol. The normalized spacial score (nSPS) is 32.9. The SMILES string of the molecule is CC(C)(C(=O)NC1CCC(N)CC1)C1CCCNC1. The zero-order valence-electron chi connectivity index (χ0n) is 12.4. The Kier molecular flexibility index (Phi) is 4.85.